The molecule has 0 spiro atoms. The van der Waals surface area contributed by atoms with Crippen molar-refractivity contribution >= 4 is 75.8 Å². The molecule has 0 amide bonds. The van der Waals surface area contributed by atoms with Crippen molar-refractivity contribution in [3.8, 4) is 44.5 Å². The van der Waals surface area contributed by atoms with Gasteiger partial charge < -0.3 is 4.42 Å². The first-order valence-corrected chi connectivity index (χ1v) is 21.0. The molecule has 0 aliphatic heterocycles. The van der Waals surface area contributed by atoms with Crippen LogP contribution in [0.2, 0.25) is 0 Å². The zero-order chi connectivity index (χ0) is 39.7. The highest BCUT2D eigenvalue weighted by molar-refractivity contribution is 6.24. The molecule has 1 heterocycles. The first-order chi connectivity index (χ1) is 29.5. The van der Waals surface area contributed by atoms with Gasteiger partial charge >= 0.3 is 0 Å². The lowest BCUT2D eigenvalue weighted by atomic mass is 9.79. The van der Waals surface area contributed by atoms with E-state index in [4.69, 9.17) is 4.42 Å². The molecule has 0 atom stereocenters. The van der Waals surface area contributed by atoms with E-state index in [2.05, 4.69) is 208 Å². The van der Waals surface area contributed by atoms with E-state index in [0.29, 0.717) is 0 Å². The van der Waals surface area contributed by atoms with Gasteiger partial charge in [-0.1, -0.05) is 178 Å². The summed E-state index contributed by atoms with van der Waals surface area (Å²) in [7, 11) is 0. The van der Waals surface area contributed by atoms with Gasteiger partial charge in [-0.3, -0.25) is 0 Å². The Kier molecular flexibility index (Phi) is 6.85. The van der Waals surface area contributed by atoms with Gasteiger partial charge in [0.15, 0.2) is 0 Å². The number of rotatable bonds is 3. The normalized spacial score (nSPS) is 13.3. The number of benzene rings is 11. The fourth-order valence-electron chi connectivity index (χ4n) is 10.8. The molecule has 0 saturated heterocycles. The zero-order valence-corrected chi connectivity index (χ0v) is 33.4. The monoisotopic (exact) mass is 762 g/mol. The van der Waals surface area contributed by atoms with E-state index in [1.807, 2.05) is 0 Å². The first kappa shape index (κ1) is 33.5. The van der Waals surface area contributed by atoms with Crippen LogP contribution in [-0.2, 0) is 5.41 Å². The molecule has 0 bridgehead atoms. The highest BCUT2D eigenvalue weighted by atomic mass is 16.3. The summed E-state index contributed by atoms with van der Waals surface area (Å²) in [5, 5.41) is 14.9. The summed E-state index contributed by atoms with van der Waals surface area (Å²) in [6, 6.07) is 71.8. The number of furan rings is 1. The summed E-state index contributed by atoms with van der Waals surface area (Å²) in [5.74, 6) is 0. The summed E-state index contributed by atoms with van der Waals surface area (Å²) < 4.78 is 6.63. The average Bonchev–Trinajstić information content (AvgIpc) is 3.79. The van der Waals surface area contributed by atoms with Crippen molar-refractivity contribution in [2.24, 2.45) is 0 Å². The van der Waals surface area contributed by atoms with E-state index in [0.717, 1.165) is 11.2 Å². The molecular formula is C59H38O. The summed E-state index contributed by atoms with van der Waals surface area (Å²) in [4.78, 5) is 0. The van der Waals surface area contributed by atoms with E-state index in [-0.39, 0.29) is 5.41 Å². The Morgan fingerprint density at radius 3 is 1.42 bits per heavy atom. The van der Waals surface area contributed by atoms with E-state index in [1.54, 1.807) is 0 Å². The predicted octanol–water partition coefficient (Wildman–Crippen LogP) is 16.7. The van der Waals surface area contributed by atoms with Crippen LogP contribution in [0.15, 0.2) is 199 Å². The second-order valence-corrected chi connectivity index (χ2v) is 17.2. The van der Waals surface area contributed by atoms with Gasteiger partial charge in [-0.15, -0.1) is 0 Å². The summed E-state index contributed by atoms with van der Waals surface area (Å²) in [6.45, 7) is 4.76. The third-order valence-corrected chi connectivity index (χ3v) is 13.6. The standard InChI is InChI=1S/C59H38O/c1-59(2)51-30-29-40(34-50(51)55-47-19-9-10-20-48(47)58-56(57(55)59)49-21-11-12-22-52(49)60-58)38-24-25-39-33-42(28-26-37(39)31-38)54-45-17-7-5-15-43(45)53(44-16-6-8-18-46(44)54)41-27-23-35-13-3-4-14-36(35)32-41/h3-34H,1-2H3. The van der Waals surface area contributed by atoms with Gasteiger partial charge in [0.05, 0.1) is 0 Å². The molecule has 13 rings (SSSR count). The molecule has 12 aromatic rings. The molecule has 0 unspecified atom stereocenters. The van der Waals surface area contributed by atoms with Crippen LogP contribution in [0.25, 0.3) is 120 Å². The van der Waals surface area contributed by atoms with E-state index >= 15 is 0 Å². The lowest BCUT2D eigenvalue weighted by Crippen LogP contribution is -2.15. The first-order valence-electron chi connectivity index (χ1n) is 21.0. The van der Waals surface area contributed by atoms with Crippen LogP contribution in [0, 0.1) is 0 Å². The Bertz CT molecular complexity index is 3750. The van der Waals surface area contributed by atoms with Gasteiger partial charge in [0.1, 0.15) is 11.2 Å². The molecule has 1 heteroatoms. The molecule has 1 aromatic heterocycles. The minimum atomic E-state index is -0.195. The van der Waals surface area contributed by atoms with Crippen LogP contribution < -0.4 is 0 Å². The van der Waals surface area contributed by atoms with Crippen molar-refractivity contribution in [3.63, 3.8) is 0 Å². The summed E-state index contributed by atoms with van der Waals surface area (Å²) in [6.07, 6.45) is 0. The largest absolute Gasteiger partial charge is 0.455 e. The molecule has 60 heavy (non-hydrogen) atoms. The molecule has 1 aliphatic carbocycles. The number of hydrogen-bond acceptors (Lipinski definition) is 1. The van der Waals surface area contributed by atoms with Crippen molar-refractivity contribution in [1.82, 2.24) is 0 Å². The zero-order valence-electron chi connectivity index (χ0n) is 33.4. The number of fused-ring (bicyclic) bond motifs is 14. The maximum absolute atomic E-state index is 6.63. The van der Waals surface area contributed by atoms with Crippen molar-refractivity contribution in [2.45, 2.75) is 19.3 Å². The SMILES string of the molecule is CC1(C)c2ccc(-c3ccc4cc(-c5c6ccccc6c(-c6ccc7ccccc7c6)c6ccccc56)ccc4c3)cc2-c2c1c1c3ccccc3oc1c1ccccc21. The number of para-hydroxylation sites is 1. The molecule has 0 fully saturated rings. The molecule has 0 saturated carbocycles. The Morgan fingerprint density at radius 1 is 0.350 bits per heavy atom. The Morgan fingerprint density at radius 2 is 0.783 bits per heavy atom. The quantitative estimate of drug-likeness (QED) is 0.163. The van der Waals surface area contributed by atoms with Crippen LogP contribution in [0.1, 0.15) is 25.0 Å². The van der Waals surface area contributed by atoms with Crippen LogP contribution in [0.3, 0.4) is 0 Å². The lowest BCUT2D eigenvalue weighted by molar-refractivity contribution is 0.659. The summed E-state index contributed by atoms with van der Waals surface area (Å²) in [5.41, 5.74) is 14.6. The smallest absolute Gasteiger partial charge is 0.143 e. The average molecular weight is 763 g/mol. The third kappa shape index (κ3) is 4.63. The summed E-state index contributed by atoms with van der Waals surface area (Å²) >= 11 is 0. The van der Waals surface area contributed by atoms with Crippen LogP contribution >= 0.6 is 0 Å². The topological polar surface area (TPSA) is 13.1 Å². The van der Waals surface area contributed by atoms with E-state index in [1.165, 1.54) is 120 Å². The van der Waals surface area contributed by atoms with Crippen molar-refractivity contribution in [2.75, 3.05) is 0 Å². The van der Waals surface area contributed by atoms with Gasteiger partial charge in [0.2, 0.25) is 0 Å². The van der Waals surface area contributed by atoms with Crippen molar-refractivity contribution in [3.05, 3.63) is 205 Å². The van der Waals surface area contributed by atoms with Gasteiger partial charge in [-0.05, 0) is 134 Å². The van der Waals surface area contributed by atoms with Gasteiger partial charge in [0, 0.05) is 21.6 Å². The number of hydrogen-bond donors (Lipinski definition) is 0. The molecule has 1 nitrogen and oxygen atoms in total. The maximum Gasteiger partial charge on any atom is 0.143 e. The van der Waals surface area contributed by atoms with Crippen LogP contribution in [0.5, 0.6) is 0 Å². The minimum Gasteiger partial charge on any atom is -0.455 e. The molecule has 1 aliphatic rings. The molecule has 11 aromatic carbocycles. The van der Waals surface area contributed by atoms with E-state index < -0.39 is 0 Å². The van der Waals surface area contributed by atoms with Crippen molar-refractivity contribution in [1.29, 1.82) is 0 Å². The van der Waals surface area contributed by atoms with E-state index in [9.17, 15) is 0 Å². The molecule has 0 N–H and O–H groups in total. The predicted molar refractivity (Wildman–Crippen MR) is 255 cm³/mol. The molecular weight excluding hydrogens is 725 g/mol. The maximum atomic E-state index is 6.63. The highest BCUT2D eigenvalue weighted by Gasteiger charge is 2.40. The molecule has 0 radical (unpaired) electrons. The third-order valence-electron chi connectivity index (χ3n) is 13.6. The van der Waals surface area contributed by atoms with Gasteiger partial charge in [-0.25, -0.2) is 0 Å². The van der Waals surface area contributed by atoms with Crippen molar-refractivity contribution < 1.29 is 4.42 Å². The Hall–Kier alpha value is -7.48. The fraction of sp³-hybridized carbons (Fsp3) is 0.0508. The molecule has 280 valence electrons. The lowest BCUT2D eigenvalue weighted by Gasteiger charge is -2.23. The highest BCUT2D eigenvalue weighted by Crippen LogP contribution is 2.57. The second kappa shape index (κ2) is 12.3. The van der Waals surface area contributed by atoms with Gasteiger partial charge in [-0.2, -0.15) is 0 Å². The van der Waals surface area contributed by atoms with Gasteiger partial charge in [0.25, 0.3) is 0 Å². The minimum absolute atomic E-state index is 0.195. The second-order valence-electron chi connectivity index (χ2n) is 17.2. The Labute approximate surface area is 347 Å². The fourth-order valence-corrected chi connectivity index (χ4v) is 10.8. The van der Waals surface area contributed by atoms with Crippen LogP contribution in [0.4, 0.5) is 0 Å². The van der Waals surface area contributed by atoms with Crippen LogP contribution in [-0.4, -0.2) is 0 Å². The Balaban J connectivity index is 0.958.